The molecule has 160 valence electrons. The number of rotatable bonds is 8. The van der Waals surface area contributed by atoms with E-state index in [1.807, 2.05) is 0 Å². The van der Waals surface area contributed by atoms with Gasteiger partial charge in [0.25, 0.3) is 5.91 Å². The van der Waals surface area contributed by atoms with Crippen LogP contribution in [0, 0.1) is 0 Å². The van der Waals surface area contributed by atoms with Crippen LogP contribution in [0.3, 0.4) is 0 Å². The monoisotopic (exact) mass is 451 g/mol. The number of anilines is 1. The van der Waals surface area contributed by atoms with Crippen molar-refractivity contribution in [2.24, 2.45) is 0 Å². The van der Waals surface area contributed by atoms with Crippen LogP contribution in [-0.2, 0) is 9.59 Å². The van der Waals surface area contributed by atoms with Crippen LogP contribution in [0.15, 0.2) is 42.5 Å². The van der Waals surface area contributed by atoms with E-state index in [4.69, 9.17) is 27.9 Å². The standard InChI is InChI=1S/C21H23Cl2N3O4/c1-4-26(12-18(27)25-14-7-5-8-15(11-14)30-3)21(29)13(2)24-20(28)16-9-6-10-17(22)19(16)23/h5-11,13H,4,12H2,1-3H3,(H,24,28)(H,25,27). The van der Waals surface area contributed by atoms with Gasteiger partial charge in [-0.25, -0.2) is 0 Å². The van der Waals surface area contributed by atoms with Crippen molar-refractivity contribution in [3.05, 3.63) is 58.1 Å². The summed E-state index contributed by atoms with van der Waals surface area (Å²) in [7, 11) is 1.53. The number of hydrogen-bond donors (Lipinski definition) is 2. The molecule has 0 spiro atoms. The molecule has 2 aromatic rings. The molecular weight excluding hydrogens is 429 g/mol. The Hall–Kier alpha value is -2.77. The minimum atomic E-state index is -0.864. The van der Waals surface area contributed by atoms with Crippen molar-refractivity contribution in [1.29, 1.82) is 0 Å². The lowest BCUT2D eigenvalue weighted by Crippen LogP contribution is -2.49. The molecule has 0 heterocycles. The molecule has 7 nitrogen and oxygen atoms in total. The Labute approximate surface area is 185 Å². The minimum absolute atomic E-state index is 0.112. The molecule has 0 aliphatic heterocycles. The fourth-order valence-electron chi connectivity index (χ4n) is 2.71. The zero-order chi connectivity index (χ0) is 22.3. The van der Waals surface area contributed by atoms with Gasteiger partial charge in [0.1, 0.15) is 11.8 Å². The lowest BCUT2D eigenvalue weighted by Gasteiger charge is -2.24. The highest BCUT2D eigenvalue weighted by molar-refractivity contribution is 6.43. The van der Waals surface area contributed by atoms with E-state index in [2.05, 4.69) is 10.6 Å². The number of halogens is 2. The number of hydrogen-bond acceptors (Lipinski definition) is 4. The summed E-state index contributed by atoms with van der Waals surface area (Å²) < 4.78 is 5.12. The van der Waals surface area contributed by atoms with Gasteiger partial charge in [-0.2, -0.15) is 0 Å². The Balaban J connectivity index is 1.99. The van der Waals surface area contributed by atoms with E-state index in [9.17, 15) is 14.4 Å². The van der Waals surface area contributed by atoms with Gasteiger partial charge in [-0.05, 0) is 38.1 Å². The van der Waals surface area contributed by atoms with Crippen molar-refractivity contribution in [3.63, 3.8) is 0 Å². The third-order valence-corrected chi connectivity index (χ3v) is 5.11. The Bertz CT molecular complexity index is 936. The molecule has 0 bridgehead atoms. The summed E-state index contributed by atoms with van der Waals surface area (Å²) >= 11 is 12.0. The molecule has 2 rings (SSSR count). The molecule has 3 amide bonds. The minimum Gasteiger partial charge on any atom is -0.497 e. The van der Waals surface area contributed by atoms with Gasteiger partial charge >= 0.3 is 0 Å². The quantitative estimate of drug-likeness (QED) is 0.641. The SMILES string of the molecule is CCN(CC(=O)Nc1cccc(OC)c1)C(=O)C(C)NC(=O)c1cccc(Cl)c1Cl. The Morgan fingerprint density at radius 3 is 2.50 bits per heavy atom. The van der Waals surface area contributed by atoms with Gasteiger partial charge in [-0.15, -0.1) is 0 Å². The first-order valence-electron chi connectivity index (χ1n) is 9.24. The van der Waals surface area contributed by atoms with E-state index in [1.165, 1.54) is 18.1 Å². The fourth-order valence-corrected chi connectivity index (χ4v) is 3.10. The average Bonchev–Trinajstić information content (AvgIpc) is 2.73. The zero-order valence-corrected chi connectivity index (χ0v) is 18.4. The van der Waals surface area contributed by atoms with E-state index >= 15 is 0 Å². The molecular formula is C21H23Cl2N3O4. The number of ether oxygens (including phenoxy) is 1. The summed E-state index contributed by atoms with van der Waals surface area (Å²) in [6, 6.07) is 10.7. The topological polar surface area (TPSA) is 87.7 Å². The maximum absolute atomic E-state index is 12.7. The molecule has 0 aliphatic carbocycles. The maximum atomic E-state index is 12.7. The van der Waals surface area contributed by atoms with Gasteiger partial charge in [0.2, 0.25) is 11.8 Å². The number of likely N-dealkylation sites (N-methyl/N-ethyl adjacent to an activating group) is 1. The van der Waals surface area contributed by atoms with E-state index < -0.39 is 17.9 Å². The van der Waals surface area contributed by atoms with E-state index in [0.717, 1.165) is 0 Å². The molecule has 0 radical (unpaired) electrons. The number of nitrogens with one attached hydrogen (secondary N) is 2. The predicted molar refractivity (Wildman–Crippen MR) is 117 cm³/mol. The molecule has 2 N–H and O–H groups in total. The molecule has 0 aliphatic rings. The van der Waals surface area contributed by atoms with Crippen molar-refractivity contribution in [3.8, 4) is 5.75 Å². The molecule has 1 unspecified atom stereocenters. The van der Waals surface area contributed by atoms with Crippen LogP contribution in [0.5, 0.6) is 5.75 Å². The molecule has 0 aromatic heterocycles. The molecule has 30 heavy (non-hydrogen) atoms. The smallest absolute Gasteiger partial charge is 0.253 e. The lowest BCUT2D eigenvalue weighted by atomic mass is 10.2. The van der Waals surface area contributed by atoms with Gasteiger partial charge in [-0.3, -0.25) is 14.4 Å². The largest absolute Gasteiger partial charge is 0.497 e. The third-order valence-electron chi connectivity index (χ3n) is 4.30. The van der Waals surface area contributed by atoms with Crippen LogP contribution in [-0.4, -0.2) is 48.9 Å². The van der Waals surface area contributed by atoms with Gasteiger partial charge in [0.15, 0.2) is 0 Å². The predicted octanol–water partition coefficient (Wildman–Crippen LogP) is 3.61. The second-order valence-electron chi connectivity index (χ2n) is 6.43. The number of benzene rings is 2. The van der Waals surface area contributed by atoms with Crippen LogP contribution in [0.4, 0.5) is 5.69 Å². The Morgan fingerprint density at radius 1 is 1.13 bits per heavy atom. The molecule has 2 aromatic carbocycles. The number of carbonyl (C=O) groups excluding carboxylic acids is 3. The van der Waals surface area contributed by atoms with E-state index in [0.29, 0.717) is 18.0 Å². The fraction of sp³-hybridized carbons (Fsp3) is 0.286. The number of amides is 3. The van der Waals surface area contributed by atoms with Crippen LogP contribution in [0.2, 0.25) is 10.0 Å². The molecule has 0 saturated heterocycles. The first kappa shape index (κ1) is 23.5. The highest BCUT2D eigenvalue weighted by Gasteiger charge is 2.24. The molecule has 1 atom stereocenters. The van der Waals surface area contributed by atoms with Crippen LogP contribution < -0.4 is 15.4 Å². The first-order valence-corrected chi connectivity index (χ1v) is 10.00. The van der Waals surface area contributed by atoms with Crippen molar-refractivity contribution in [1.82, 2.24) is 10.2 Å². The van der Waals surface area contributed by atoms with Crippen molar-refractivity contribution in [2.75, 3.05) is 25.5 Å². The Morgan fingerprint density at radius 2 is 1.83 bits per heavy atom. The molecule has 0 saturated carbocycles. The highest BCUT2D eigenvalue weighted by Crippen LogP contribution is 2.25. The van der Waals surface area contributed by atoms with Crippen molar-refractivity contribution < 1.29 is 19.1 Å². The molecule has 9 heteroatoms. The summed E-state index contributed by atoms with van der Waals surface area (Å²) in [6.07, 6.45) is 0. The maximum Gasteiger partial charge on any atom is 0.253 e. The first-order chi connectivity index (χ1) is 14.3. The van der Waals surface area contributed by atoms with E-state index in [1.54, 1.807) is 50.2 Å². The van der Waals surface area contributed by atoms with E-state index in [-0.39, 0.29) is 28.1 Å². The van der Waals surface area contributed by atoms with Crippen LogP contribution >= 0.6 is 23.2 Å². The highest BCUT2D eigenvalue weighted by atomic mass is 35.5. The average molecular weight is 452 g/mol. The summed E-state index contributed by atoms with van der Waals surface area (Å²) in [6.45, 7) is 3.42. The van der Waals surface area contributed by atoms with Crippen molar-refractivity contribution in [2.45, 2.75) is 19.9 Å². The van der Waals surface area contributed by atoms with Gasteiger partial charge < -0.3 is 20.3 Å². The summed E-state index contributed by atoms with van der Waals surface area (Å²) in [5, 5.41) is 5.67. The van der Waals surface area contributed by atoms with Gasteiger partial charge in [-0.1, -0.05) is 35.3 Å². The number of nitrogens with zero attached hydrogens (tertiary/aromatic N) is 1. The Kier molecular flexibility index (Phi) is 8.50. The molecule has 0 fully saturated rings. The zero-order valence-electron chi connectivity index (χ0n) is 16.9. The lowest BCUT2D eigenvalue weighted by molar-refractivity contribution is -0.135. The number of carbonyl (C=O) groups is 3. The van der Waals surface area contributed by atoms with Crippen LogP contribution in [0.1, 0.15) is 24.2 Å². The number of methoxy groups -OCH3 is 1. The third kappa shape index (κ3) is 6.11. The normalized spacial score (nSPS) is 11.4. The van der Waals surface area contributed by atoms with Gasteiger partial charge in [0.05, 0.1) is 29.3 Å². The second-order valence-corrected chi connectivity index (χ2v) is 7.21. The van der Waals surface area contributed by atoms with Crippen LogP contribution in [0.25, 0.3) is 0 Å². The van der Waals surface area contributed by atoms with Crippen molar-refractivity contribution >= 4 is 46.6 Å². The van der Waals surface area contributed by atoms with Gasteiger partial charge in [0, 0.05) is 18.3 Å². The summed E-state index contributed by atoms with van der Waals surface area (Å²) in [5.41, 5.74) is 0.724. The second kappa shape index (κ2) is 10.8. The summed E-state index contributed by atoms with van der Waals surface area (Å²) in [5.74, 6) is -0.688. The summed E-state index contributed by atoms with van der Waals surface area (Å²) in [4.78, 5) is 38.9.